The zero-order valence-corrected chi connectivity index (χ0v) is 11.7. The molecule has 2 atom stereocenters. The van der Waals surface area contributed by atoms with E-state index in [9.17, 15) is 0 Å². The van der Waals surface area contributed by atoms with Crippen LogP contribution in [0.5, 0.6) is 0 Å². The highest BCUT2D eigenvalue weighted by atomic mass is 35.5. The van der Waals surface area contributed by atoms with Crippen molar-refractivity contribution >= 4 is 23.1 Å². The van der Waals surface area contributed by atoms with Crippen molar-refractivity contribution < 1.29 is 0 Å². The van der Waals surface area contributed by atoms with E-state index in [4.69, 9.17) is 17.3 Å². The molecule has 2 N–H and O–H groups in total. The molecule has 1 saturated carbocycles. The maximum absolute atomic E-state index is 6.04. The molecule has 0 aromatic carbocycles. The SMILES string of the molecule is CN(Cc1nnsc1Cl)C1CCCCC1CN. The van der Waals surface area contributed by atoms with E-state index in [2.05, 4.69) is 21.5 Å². The largest absolute Gasteiger partial charge is 0.330 e. The minimum Gasteiger partial charge on any atom is -0.330 e. The Hall–Kier alpha value is -0.230. The number of hydrogen-bond donors (Lipinski definition) is 1. The minimum absolute atomic E-state index is 0.562. The summed E-state index contributed by atoms with van der Waals surface area (Å²) < 4.78 is 4.57. The maximum atomic E-state index is 6.04. The molecule has 0 saturated heterocycles. The van der Waals surface area contributed by atoms with E-state index in [1.54, 1.807) is 0 Å². The van der Waals surface area contributed by atoms with Crippen LogP contribution in [0.25, 0.3) is 0 Å². The van der Waals surface area contributed by atoms with Crippen molar-refractivity contribution in [3.05, 3.63) is 10.0 Å². The smallest absolute Gasteiger partial charge is 0.138 e. The summed E-state index contributed by atoms with van der Waals surface area (Å²) in [6.45, 7) is 1.55. The second-order valence-electron chi connectivity index (χ2n) is 4.76. The van der Waals surface area contributed by atoms with E-state index < -0.39 is 0 Å². The van der Waals surface area contributed by atoms with E-state index >= 15 is 0 Å². The summed E-state index contributed by atoms with van der Waals surface area (Å²) in [6, 6.07) is 0.562. The number of nitrogens with two attached hydrogens (primary N) is 1. The summed E-state index contributed by atoms with van der Waals surface area (Å²) in [4.78, 5) is 2.33. The minimum atomic E-state index is 0.562. The highest BCUT2D eigenvalue weighted by molar-refractivity contribution is 7.10. The Morgan fingerprint density at radius 1 is 1.47 bits per heavy atom. The fourth-order valence-electron chi connectivity index (χ4n) is 2.69. The summed E-state index contributed by atoms with van der Waals surface area (Å²) in [5, 5.41) is 4.07. The lowest BCUT2D eigenvalue weighted by atomic mass is 9.83. The molecule has 2 rings (SSSR count). The molecule has 2 unspecified atom stereocenters. The van der Waals surface area contributed by atoms with E-state index in [0.29, 0.717) is 16.3 Å². The fourth-order valence-corrected chi connectivity index (χ4v) is 3.30. The quantitative estimate of drug-likeness (QED) is 0.914. The first-order chi connectivity index (χ1) is 8.22. The van der Waals surface area contributed by atoms with Crippen LogP contribution < -0.4 is 5.73 Å². The molecule has 4 nitrogen and oxygen atoms in total. The third kappa shape index (κ3) is 3.16. The van der Waals surface area contributed by atoms with Crippen molar-refractivity contribution in [3.63, 3.8) is 0 Å². The van der Waals surface area contributed by atoms with Gasteiger partial charge in [-0.05, 0) is 32.4 Å². The fraction of sp³-hybridized carbons (Fsp3) is 0.818. The lowest BCUT2D eigenvalue weighted by Gasteiger charge is -2.37. The van der Waals surface area contributed by atoms with Gasteiger partial charge >= 0.3 is 0 Å². The van der Waals surface area contributed by atoms with Gasteiger partial charge in [0.2, 0.25) is 0 Å². The van der Waals surface area contributed by atoms with E-state index in [-0.39, 0.29) is 0 Å². The molecule has 1 aliphatic rings. The summed E-state index contributed by atoms with van der Waals surface area (Å²) in [6.07, 6.45) is 5.09. The van der Waals surface area contributed by atoms with Crippen LogP contribution >= 0.6 is 23.1 Å². The predicted octanol–water partition coefficient (Wildman–Crippen LogP) is 2.14. The van der Waals surface area contributed by atoms with Gasteiger partial charge in [-0.2, -0.15) is 0 Å². The van der Waals surface area contributed by atoms with E-state index in [0.717, 1.165) is 18.8 Å². The van der Waals surface area contributed by atoms with Gasteiger partial charge in [-0.3, -0.25) is 4.90 Å². The van der Waals surface area contributed by atoms with Crippen molar-refractivity contribution in [1.29, 1.82) is 0 Å². The van der Waals surface area contributed by atoms with Crippen molar-refractivity contribution in [3.8, 4) is 0 Å². The summed E-state index contributed by atoms with van der Waals surface area (Å²) in [5.74, 6) is 0.610. The molecule has 0 aliphatic heterocycles. The zero-order valence-electron chi connectivity index (χ0n) is 10.1. The molecular weight excluding hydrogens is 256 g/mol. The van der Waals surface area contributed by atoms with Crippen LogP contribution in [-0.2, 0) is 6.54 Å². The molecule has 0 bridgehead atoms. The van der Waals surface area contributed by atoms with Crippen molar-refractivity contribution in [2.75, 3.05) is 13.6 Å². The van der Waals surface area contributed by atoms with Crippen LogP contribution in [-0.4, -0.2) is 34.1 Å². The van der Waals surface area contributed by atoms with Gasteiger partial charge in [-0.25, -0.2) is 0 Å². The van der Waals surface area contributed by atoms with Gasteiger partial charge in [-0.1, -0.05) is 28.9 Å². The Bertz CT molecular complexity index is 357. The average Bonchev–Trinajstić information content (AvgIpc) is 2.75. The van der Waals surface area contributed by atoms with Crippen LogP contribution in [0.3, 0.4) is 0 Å². The van der Waals surface area contributed by atoms with Crippen LogP contribution in [0.4, 0.5) is 0 Å². The van der Waals surface area contributed by atoms with E-state index in [1.165, 1.54) is 37.2 Å². The highest BCUT2D eigenvalue weighted by Crippen LogP contribution is 2.29. The number of halogens is 1. The highest BCUT2D eigenvalue weighted by Gasteiger charge is 2.27. The summed E-state index contributed by atoms with van der Waals surface area (Å²) in [5.41, 5.74) is 6.75. The van der Waals surface area contributed by atoms with Gasteiger partial charge in [-0.15, -0.1) is 5.10 Å². The van der Waals surface area contributed by atoms with Crippen molar-refractivity contribution in [2.24, 2.45) is 11.7 Å². The molecule has 0 spiro atoms. The molecule has 0 radical (unpaired) electrons. The van der Waals surface area contributed by atoms with E-state index in [1.807, 2.05) is 0 Å². The molecule has 1 heterocycles. The predicted molar refractivity (Wildman–Crippen MR) is 71.2 cm³/mol. The van der Waals surface area contributed by atoms with Crippen molar-refractivity contribution in [2.45, 2.75) is 38.3 Å². The lowest BCUT2D eigenvalue weighted by Crippen LogP contribution is -2.42. The molecule has 6 heteroatoms. The topological polar surface area (TPSA) is 55.0 Å². The summed E-state index contributed by atoms with van der Waals surface area (Å²) >= 11 is 7.29. The Labute approximate surface area is 111 Å². The number of nitrogens with zero attached hydrogens (tertiary/aromatic N) is 3. The monoisotopic (exact) mass is 274 g/mol. The van der Waals surface area contributed by atoms with Crippen molar-refractivity contribution in [1.82, 2.24) is 14.5 Å². The first kappa shape index (κ1) is 13.2. The van der Waals surface area contributed by atoms with Gasteiger partial charge in [0.25, 0.3) is 0 Å². The second kappa shape index (κ2) is 6.09. The Kier molecular flexibility index (Phi) is 4.73. The first-order valence-corrected chi connectivity index (χ1v) is 7.24. The Balaban J connectivity index is 1.98. The molecular formula is C11H19ClN4S. The molecule has 1 fully saturated rings. The average molecular weight is 275 g/mol. The Morgan fingerprint density at radius 3 is 2.88 bits per heavy atom. The second-order valence-corrected chi connectivity index (χ2v) is 6.11. The lowest BCUT2D eigenvalue weighted by molar-refractivity contribution is 0.126. The van der Waals surface area contributed by atoms with Gasteiger partial charge in [0.05, 0.1) is 0 Å². The van der Waals surface area contributed by atoms with Gasteiger partial charge in [0.15, 0.2) is 0 Å². The molecule has 1 aliphatic carbocycles. The maximum Gasteiger partial charge on any atom is 0.138 e. The third-order valence-corrected chi connectivity index (χ3v) is 4.63. The normalized spacial score (nSPS) is 25.4. The molecule has 1 aromatic heterocycles. The summed E-state index contributed by atoms with van der Waals surface area (Å²) in [7, 11) is 2.13. The molecule has 0 amide bonds. The van der Waals surface area contributed by atoms with Gasteiger partial charge in [0, 0.05) is 24.1 Å². The van der Waals surface area contributed by atoms with Gasteiger partial charge in [0.1, 0.15) is 10.0 Å². The van der Waals surface area contributed by atoms with Gasteiger partial charge < -0.3 is 5.73 Å². The van der Waals surface area contributed by atoms with Crippen LogP contribution in [0, 0.1) is 5.92 Å². The molecule has 17 heavy (non-hydrogen) atoms. The first-order valence-electron chi connectivity index (χ1n) is 6.09. The molecule has 96 valence electrons. The standard InChI is InChI=1S/C11H19ClN4S/c1-16(7-9-11(12)17-15-14-9)10-5-3-2-4-8(10)6-13/h8,10H,2-7,13H2,1H3. The zero-order chi connectivity index (χ0) is 12.3. The molecule has 1 aromatic rings. The number of rotatable bonds is 4. The number of aromatic nitrogens is 2. The van der Waals surface area contributed by atoms with Crippen LogP contribution in [0.15, 0.2) is 0 Å². The number of hydrogen-bond acceptors (Lipinski definition) is 5. The van der Waals surface area contributed by atoms with Crippen LogP contribution in [0.1, 0.15) is 31.4 Å². The third-order valence-electron chi connectivity index (χ3n) is 3.65. The van der Waals surface area contributed by atoms with Crippen LogP contribution in [0.2, 0.25) is 4.34 Å². The Morgan fingerprint density at radius 2 is 2.24 bits per heavy atom.